The van der Waals surface area contributed by atoms with Gasteiger partial charge >= 0.3 is 0 Å². The van der Waals surface area contributed by atoms with Crippen molar-refractivity contribution in [2.75, 3.05) is 5.73 Å². The van der Waals surface area contributed by atoms with Gasteiger partial charge in [0.25, 0.3) is 0 Å². The molecule has 0 bridgehead atoms. The van der Waals surface area contributed by atoms with Gasteiger partial charge in [-0.15, -0.1) is 0 Å². The maximum atomic E-state index is 5.69. The molecule has 1 heterocycles. The molecule has 0 atom stereocenters. The second-order valence-electron chi connectivity index (χ2n) is 5.02. The van der Waals surface area contributed by atoms with E-state index in [2.05, 4.69) is 43.4 Å². The zero-order valence-corrected chi connectivity index (χ0v) is 12.3. The van der Waals surface area contributed by atoms with E-state index < -0.39 is 0 Å². The minimum absolute atomic E-state index is 0.803. The Bertz CT molecular complexity index is 681. The Morgan fingerprint density at radius 2 is 1.85 bits per heavy atom. The van der Waals surface area contributed by atoms with Crippen LogP contribution in [0.3, 0.4) is 0 Å². The summed E-state index contributed by atoms with van der Waals surface area (Å²) < 4.78 is 0. The van der Waals surface area contributed by atoms with Crippen molar-refractivity contribution >= 4 is 23.5 Å². The standard InChI is InChI=1S/C18H17NS/c1-13-2-11-18-15(12-13)6-10-17(20-18)9-5-14-3-7-16(19)8-4-14/h2-5,7-12H,6,19H2,1H3. The molecule has 1 nitrogen and oxygen atoms in total. The minimum Gasteiger partial charge on any atom is -0.399 e. The number of benzene rings is 2. The second kappa shape index (κ2) is 5.59. The summed E-state index contributed by atoms with van der Waals surface area (Å²) in [5.74, 6) is 0. The molecular weight excluding hydrogens is 262 g/mol. The molecule has 20 heavy (non-hydrogen) atoms. The van der Waals surface area contributed by atoms with E-state index in [1.165, 1.54) is 26.5 Å². The quantitative estimate of drug-likeness (QED) is 0.797. The van der Waals surface area contributed by atoms with Crippen molar-refractivity contribution in [3.05, 3.63) is 76.2 Å². The van der Waals surface area contributed by atoms with Gasteiger partial charge in [0.1, 0.15) is 0 Å². The highest BCUT2D eigenvalue weighted by atomic mass is 32.2. The van der Waals surface area contributed by atoms with Crippen molar-refractivity contribution in [1.82, 2.24) is 0 Å². The predicted molar refractivity (Wildman–Crippen MR) is 88.7 cm³/mol. The molecule has 2 heteroatoms. The van der Waals surface area contributed by atoms with Crippen LogP contribution in [0.15, 0.2) is 64.4 Å². The van der Waals surface area contributed by atoms with Crippen LogP contribution in [0.25, 0.3) is 6.08 Å². The third-order valence-corrected chi connectivity index (χ3v) is 4.50. The van der Waals surface area contributed by atoms with E-state index in [-0.39, 0.29) is 0 Å². The van der Waals surface area contributed by atoms with Gasteiger partial charge in [0.15, 0.2) is 0 Å². The Hall–Kier alpha value is -1.93. The van der Waals surface area contributed by atoms with Crippen molar-refractivity contribution in [2.24, 2.45) is 0 Å². The van der Waals surface area contributed by atoms with E-state index in [1.807, 2.05) is 36.0 Å². The highest BCUT2D eigenvalue weighted by Crippen LogP contribution is 2.36. The second-order valence-corrected chi connectivity index (χ2v) is 6.14. The third-order valence-electron chi connectivity index (χ3n) is 3.34. The monoisotopic (exact) mass is 279 g/mol. The number of hydrogen-bond donors (Lipinski definition) is 1. The van der Waals surface area contributed by atoms with Crippen LogP contribution in [0.2, 0.25) is 0 Å². The normalized spacial score (nSPS) is 14.2. The largest absolute Gasteiger partial charge is 0.399 e. The molecule has 2 N–H and O–H groups in total. The summed E-state index contributed by atoms with van der Waals surface area (Å²) >= 11 is 1.84. The van der Waals surface area contributed by atoms with Gasteiger partial charge in [0.2, 0.25) is 0 Å². The van der Waals surface area contributed by atoms with Crippen LogP contribution in [0.4, 0.5) is 5.69 Å². The Kier molecular flexibility index (Phi) is 3.66. The Balaban J connectivity index is 1.75. The Morgan fingerprint density at radius 1 is 1.05 bits per heavy atom. The first-order valence-electron chi connectivity index (χ1n) is 6.72. The number of anilines is 1. The van der Waals surface area contributed by atoms with Crippen molar-refractivity contribution < 1.29 is 0 Å². The SMILES string of the molecule is Cc1ccc2c(c1)CC=C(C=Cc1ccc(N)cc1)S2. The van der Waals surface area contributed by atoms with Crippen molar-refractivity contribution in [3.63, 3.8) is 0 Å². The zero-order chi connectivity index (χ0) is 13.9. The van der Waals surface area contributed by atoms with Gasteiger partial charge in [-0.25, -0.2) is 0 Å². The van der Waals surface area contributed by atoms with Crippen LogP contribution in [0, 0.1) is 6.92 Å². The molecule has 0 spiro atoms. The van der Waals surface area contributed by atoms with E-state index >= 15 is 0 Å². The molecule has 0 amide bonds. The topological polar surface area (TPSA) is 26.0 Å². The number of allylic oxidation sites excluding steroid dienone is 2. The van der Waals surface area contributed by atoms with Crippen LogP contribution in [-0.2, 0) is 6.42 Å². The molecule has 0 saturated carbocycles. The summed E-state index contributed by atoms with van der Waals surface area (Å²) in [5, 5.41) is 0. The number of hydrogen-bond acceptors (Lipinski definition) is 2. The molecule has 3 rings (SSSR count). The van der Waals surface area contributed by atoms with Gasteiger partial charge in [0.05, 0.1) is 0 Å². The summed E-state index contributed by atoms with van der Waals surface area (Å²) in [5.41, 5.74) is 10.4. The average molecular weight is 279 g/mol. The average Bonchev–Trinajstić information content (AvgIpc) is 2.46. The fourth-order valence-corrected chi connectivity index (χ4v) is 3.20. The summed E-state index contributed by atoms with van der Waals surface area (Å²) in [6, 6.07) is 14.6. The number of rotatable bonds is 2. The van der Waals surface area contributed by atoms with E-state index in [9.17, 15) is 0 Å². The van der Waals surface area contributed by atoms with E-state index in [1.54, 1.807) is 0 Å². The molecule has 0 aromatic heterocycles. The highest BCUT2D eigenvalue weighted by molar-refractivity contribution is 8.03. The molecule has 0 fully saturated rings. The van der Waals surface area contributed by atoms with Crippen LogP contribution in [0.1, 0.15) is 16.7 Å². The van der Waals surface area contributed by atoms with Crippen molar-refractivity contribution in [2.45, 2.75) is 18.2 Å². The van der Waals surface area contributed by atoms with Crippen LogP contribution in [-0.4, -0.2) is 0 Å². The number of thioether (sulfide) groups is 1. The maximum Gasteiger partial charge on any atom is 0.0314 e. The number of nitrogens with two attached hydrogens (primary N) is 1. The van der Waals surface area contributed by atoms with E-state index in [0.29, 0.717) is 0 Å². The number of fused-ring (bicyclic) bond motifs is 1. The van der Waals surface area contributed by atoms with Crippen molar-refractivity contribution in [1.29, 1.82) is 0 Å². The summed E-state index contributed by atoms with van der Waals surface area (Å²) in [7, 11) is 0. The van der Waals surface area contributed by atoms with Crippen molar-refractivity contribution in [3.8, 4) is 0 Å². The van der Waals surface area contributed by atoms with E-state index in [4.69, 9.17) is 5.73 Å². The lowest BCUT2D eigenvalue weighted by Gasteiger charge is -2.14. The molecule has 0 radical (unpaired) electrons. The fourth-order valence-electron chi connectivity index (χ4n) is 2.23. The Morgan fingerprint density at radius 3 is 2.65 bits per heavy atom. The Labute approximate surface area is 124 Å². The number of aryl methyl sites for hydroxylation is 1. The highest BCUT2D eigenvalue weighted by Gasteiger charge is 2.09. The van der Waals surface area contributed by atoms with Gasteiger partial charge in [-0.3, -0.25) is 0 Å². The summed E-state index contributed by atoms with van der Waals surface area (Å²) in [6.07, 6.45) is 7.63. The maximum absolute atomic E-state index is 5.69. The van der Waals surface area contributed by atoms with Crippen LogP contribution < -0.4 is 5.73 Å². The minimum atomic E-state index is 0.803. The number of nitrogen functional groups attached to an aromatic ring is 1. The van der Waals surface area contributed by atoms with Crippen LogP contribution >= 0.6 is 11.8 Å². The molecule has 1 aliphatic rings. The molecule has 0 saturated heterocycles. The van der Waals surface area contributed by atoms with E-state index in [0.717, 1.165) is 12.1 Å². The fraction of sp³-hybridized carbons (Fsp3) is 0.111. The third kappa shape index (κ3) is 2.97. The van der Waals surface area contributed by atoms with Gasteiger partial charge in [0, 0.05) is 15.5 Å². The molecule has 100 valence electrons. The van der Waals surface area contributed by atoms with Gasteiger partial charge in [-0.05, 0) is 48.7 Å². The first kappa shape index (κ1) is 13.1. The lowest BCUT2D eigenvalue weighted by Crippen LogP contribution is -1.93. The smallest absolute Gasteiger partial charge is 0.0314 e. The summed E-state index contributed by atoms with van der Waals surface area (Å²) in [6.45, 7) is 2.14. The van der Waals surface area contributed by atoms with Crippen LogP contribution in [0.5, 0.6) is 0 Å². The molecule has 2 aromatic rings. The first-order valence-corrected chi connectivity index (χ1v) is 7.53. The van der Waals surface area contributed by atoms with Gasteiger partial charge < -0.3 is 5.73 Å². The summed E-state index contributed by atoms with van der Waals surface area (Å²) in [4.78, 5) is 2.67. The lowest BCUT2D eigenvalue weighted by molar-refractivity contribution is 1.15. The molecule has 0 aliphatic carbocycles. The molecule has 2 aromatic carbocycles. The van der Waals surface area contributed by atoms with Gasteiger partial charge in [-0.1, -0.05) is 53.7 Å². The zero-order valence-electron chi connectivity index (χ0n) is 11.5. The van der Waals surface area contributed by atoms with Gasteiger partial charge in [-0.2, -0.15) is 0 Å². The lowest BCUT2D eigenvalue weighted by atomic mass is 10.1. The predicted octanol–water partition coefficient (Wildman–Crippen LogP) is 4.82. The molecule has 0 unspecified atom stereocenters. The first-order chi connectivity index (χ1) is 9.70. The molecule has 1 aliphatic heterocycles. The molecular formula is C18H17NS.